The minimum atomic E-state index is 0.0993. The molecular formula is C16H25N5O. The van der Waals surface area contributed by atoms with Gasteiger partial charge in [0.25, 0.3) is 0 Å². The molecule has 0 saturated heterocycles. The Balaban J connectivity index is 2.64. The highest BCUT2D eigenvalue weighted by Gasteiger charge is 2.12. The summed E-state index contributed by atoms with van der Waals surface area (Å²) in [5, 5.41) is 4.90. The van der Waals surface area contributed by atoms with Crippen molar-refractivity contribution in [1.29, 1.82) is 0 Å². The lowest BCUT2D eigenvalue weighted by Gasteiger charge is -2.27. The first-order valence-electron chi connectivity index (χ1n) is 7.09. The summed E-state index contributed by atoms with van der Waals surface area (Å²) in [5.74, 6) is 0. The van der Waals surface area contributed by atoms with Crippen LogP contribution in [-0.2, 0) is 0 Å². The molecule has 0 heterocycles. The van der Waals surface area contributed by atoms with E-state index >= 15 is 0 Å². The molecule has 0 radical (unpaired) electrons. The summed E-state index contributed by atoms with van der Waals surface area (Å²) in [4.78, 5) is 11.1. The molecule has 0 amide bonds. The van der Waals surface area contributed by atoms with Gasteiger partial charge in [0.2, 0.25) is 0 Å². The first-order chi connectivity index (χ1) is 10.5. The van der Waals surface area contributed by atoms with Crippen LogP contribution in [0.4, 0.5) is 11.4 Å². The molecule has 1 atom stereocenters. The number of nitrogens with one attached hydrogen (secondary N) is 3. The number of hydrogen-bond donors (Lipinski definition) is 4. The van der Waals surface area contributed by atoms with E-state index < -0.39 is 0 Å². The van der Waals surface area contributed by atoms with Crippen LogP contribution in [0, 0.1) is 0 Å². The summed E-state index contributed by atoms with van der Waals surface area (Å²) in [6, 6.07) is 5.28. The molecule has 0 aliphatic heterocycles. The normalized spacial score (nSPS) is 11.8. The van der Waals surface area contributed by atoms with Crippen LogP contribution in [-0.4, -0.2) is 31.4 Å². The fourth-order valence-corrected chi connectivity index (χ4v) is 1.98. The first kappa shape index (κ1) is 17.7. The molecule has 1 rings (SSSR count). The molecule has 1 aromatic carbocycles. The van der Waals surface area contributed by atoms with E-state index in [1.54, 1.807) is 18.2 Å². The van der Waals surface area contributed by atoms with Crippen molar-refractivity contribution < 1.29 is 4.79 Å². The molecular weight excluding hydrogens is 278 g/mol. The lowest BCUT2D eigenvalue weighted by molar-refractivity contribution is 0.112. The summed E-state index contributed by atoms with van der Waals surface area (Å²) >= 11 is 0. The number of anilines is 2. The van der Waals surface area contributed by atoms with Crippen LogP contribution in [0.3, 0.4) is 0 Å². The minimum absolute atomic E-state index is 0.0993. The zero-order valence-electron chi connectivity index (χ0n) is 13.2. The topological polar surface area (TPSA) is 82.4 Å². The van der Waals surface area contributed by atoms with Gasteiger partial charge in [0.15, 0.2) is 6.29 Å². The zero-order valence-corrected chi connectivity index (χ0v) is 13.2. The smallest absolute Gasteiger partial charge is 0.152 e. The van der Waals surface area contributed by atoms with Crippen molar-refractivity contribution in [1.82, 2.24) is 15.9 Å². The van der Waals surface area contributed by atoms with E-state index in [2.05, 4.69) is 29.4 Å². The fourth-order valence-electron chi connectivity index (χ4n) is 1.98. The van der Waals surface area contributed by atoms with Crippen LogP contribution < -0.4 is 22.0 Å². The van der Waals surface area contributed by atoms with Gasteiger partial charge >= 0.3 is 0 Å². The van der Waals surface area contributed by atoms with E-state index in [1.807, 2.05) is 25.2 Å². The monoisotopic (exact) mass is 303 g/mol. The Hall–Kier alpha value is -2.31. The molecule has 0 aliphatic carbocycles. The summed E-state index contributed by atoms with van der Waals surface area (Å²) in [5.41, 5.74) is 14.4. The van der Waals surface area contributed by atoms with E-state index in [4.69, 9.17) is 5.73 Å². The Morgan fingerprint density at radius 1 is 1.50 bits per heavy atom. The Bertz CT molecular complexity index is 529. The number of carbonyl (C=O) groups excluding carboxylic acids is 1. The molecule has 120 valence electrons. The van der Waals surface area contributed by atoms with Crippen molar-refractivity contribution in [2.24, 2.45) is 0 Å². The van der Waals surface area contributed by atoms with Crippen molar-refractivity contribution in [2.75, 3.05) is 25.3 Å². The molecule has 0 bridgehead atoms. The third-order valence-corrected chi connectivity index (χ3v) is 3.48. The zero-order chi connectivity index (χ0) is 16.5. The second-order valence-electron chi connectivity index (χ2n) is 4.97. The van der Waals surface area contributed by atoms with E-state index in [0.29, 0.717) is 16.9 Å². The number of hydrazine groups is 2. The number of carbonyl (C=O) groups is 1. The lowest BCUT2D eigenvalue weighted by Crippen LogP contribution is -2.45. The number of nitrogen functional groups attached to an aromatic ring is 1. The van der Waals surface area contributed by atoms with E-state index in [-0.39, 0.29) is 6.04 Å². The highest BCUT2D eigenvalue weighted by Crippen LogP contribution is 2.21. The number of rotatable bonds is 10. The predicted octanol–water partition coefficient (Wildman–Crippen LogP) is 1.91. The Morgan fingerprint density at radius 2 is 2.23 bits per heavy atom. The van der Waals surface area contributed by atoms with E-state index in [1.165, 1.54) is 0 Å². The lowest BCUT2D eigenvalue weighted by atomic mass is 10.1. The van der Waals surface area contributed by atoms with Gasteiger partial charge in [-0.1, -0.05) is 18.7 Å². The van der Waals surface area contributed by atoms with Crippen molar-refractivity contribution in [2.45, 2.75) is 18.9 Å². The summed E-state index contributed by atoms with van der Waals surface area (Å²) in [6.45, 7) is 7.76. The molecule has 0 aromatic heterocycles. The minimum Gasteiger partial charge on any atom is -0.397 e. The van der Waals surface area contributed by atoms with Gasteiger partial charge in [0.1, 0.15) is 0 Å². The highest BCUT2D eigenvalue weighted by molar-refractivity contribution is 5.89. The molecule has 5 N–H and O–H groups in total. The van der Waals surface area contributed by atoms with Crippen LogP contribution >= 0.6 is 0 Å². The second-order valence-corrected chi connectivity index (χ2v) is 4.97. The Morgan fingerprint density at radius 3 is 2.82 bits per heavy atom. The molecule has 22 heavy (non-hydrogen) atoms. The Labute approximate surface area is 132 Å². The van der Waals surface area contributed by atoms with Crippen molar-refractivity contribution in [3.63, 3.8) is 0 Å². The predicted molar refractivity (Wildman–Crippen MR) is 92.2 cm³/mol. The van der Waals surface area contributed by atoms with Gasteiger partial charge in [-0.2, -0.15) is 5.53 Å². The van der Waals surface area contributed by atoms with Gasteiger partial charge < -0.3 is 16.5 Å². The van der Waals surface area contributed by atoms with E-state index in [9.17, 15) is 4.79 Å². The third kappa shape index (κ3) is 4.91. The van der Waals surface area contributed by atoms with Crippen LogP contribution in [0.25, 0.3) is 0 Å². The van der Waals surface area contributed by atoms with Gasteiger partial charge in [-0.05, 0) is 25.0 Å². The summed E-state index contributed by atoms with van der Waals surface area (Å²) in [7, 11) is 3.75. The van der Waals surface area contributed by atoms with Crippen LogP contribution in [0.2, 0.25) is 0 Å². The number of hydrogen-bond acceptors (Lipinski definition) is 6. The number of para-hydroxylation sites is 1. The maximum absolute atomic E-state index is 11.1. The van der Waals surface area contributed by atoms with Gasteiger partial charge in [0.05, 0.1) is 11.4 Å². The van der Waals surface area contributed by atoms with Crippen LogP contribution in [0.5, 0.6) is 0 Å². The van der Waals surface area contributed by atoms with Gasteiger partial charge in [-0.3, -0.25) is 4.79 Å². The number of benzene rings is 1. The number of likely N-dealkylation sites (N-methyl/N-ethyl adjacent to an activating group) is 1. The largest absolute Gasteiger partial charge is 0.397 e. The second kappa shape index (κ2) is 8.86. The van der Waals surface area contributed by atoms with E-state index in [0.717, 1.165) is 24.8 Å². The maximum atomic E-state index is 11.1. The van der Waals surface area contributed by atoms with Gasteiger partial charge in [-0.15, -0.1) is 6.58 Å². The summed E-state index contributed by atoms with van der Waals surface area (Å²) < 4.78 is 0. The van der Waals surface area contributed by atoms with Crippen molar-refractivity contribution in [3.05, 3.63) is 48.7 Å². The average molecular weight is 303 g/mol. The standard InChI is InChI=1S/C16H25N5O/c1-5-14(10-9-12(2)18-3)21(4)20-19-16-13(11-22)7-6-8-15(16)17/h5-8,11,14,18-20H,1-2,9-10,17H2,3-4H3. The maximum Gasteiger partial charge on any atom is 0.152 e. The molecule has 0 saturated carbocycles. The number of nitrogens with zero attached hydrogens (tertiary/aromatic N) is 1. The molecule has 6 nitrogen and oxygen atoms in total. The number of aldehydes is 1. The molecule has 0 fully saturated rings. The fraction of sp³-hybridized carbons (Fsp3) is 0.312. The van der Waals surface area contributed by atoms with Crippen LogP contribution in [0.1, 0.15) is 23.2 Å². The van der Waals surface area contributed by atoms with Crippen molar-refractivity contribution in [3.8, 4) is 0 Å². The highest BCUT2D eigenvalue weighted by atomic mass is 16.1. The summed E-state index contributed by atoms with van der Waals surface area (Å²) in [6.07, 6.45) is 4.32. The van der Waals surface area contributed by atoms with Gasteiger partial charge in [-0.25, -0.2) is 5.01 Å². The van der Waals surface area contributed by atoms with Crippen molar-refractivity contribution >= 4 is 17.7 Å². The first-order valence-corrected chi connectivity index (χ1v) is 7.09. The third-order valence-electron chi connectivity index (χ3n) is 3.48. The quantitative estimate of drug-likeness (QED) is 0.229. The molecule has 0 spiro atoms. The molecule has 1 aromatic rings. The van der Waals surface area contributed by atoms with Crippen LogP contribution in [0.15, 0.2) is 43.1 Å². The SMILES string of the molecule is C=CC(CCC(=C)NC)N(C)NNc1c(N)cccc1C=O. The molecule has 0 aliphatic rings. The number of allylic oxidation sites excluding steroid dienone is 1. The molecule has 1 unspecified atom stereocenters. The number of nitrogens with two attached hydrogens (primary N) is 1. The Kier molecular flexibility index (Phi) is 7.15. The molecule has 6 heteroatoms. The van der Waals surface area contributed by atoms with Gasteiger partial charge in [0, 0.05) is 31.4 Å². The average Bonchev–Trinajstić information content (AvgIpc) is 2.53.